The second-order valence-corrected chi connectivity index (χ2v) is 9.52. The van der Waals surface area contributed by atoms with Crippen LogP contribution in [0.2, 0.25) is 0 Å². The van der Waals surface area contributed by atoms with Crippen LogP contribution in [0.4, 0.5) is 24.5 Å². The number of anilines is 2. The molecule has 1 saturated carbocycles. The summed E-state index contributed by atoms with van der Waals surface area (Å²) in [5.74, 6) is -1.45. The molecule has 0 saturated heterocycles. The SMILES string of the molecule is O=C(NCC(=O)N1c2ccccc2N(Cc2ccccc2)C(=O)C2CCCC21)c1ccc(C(F)(F)F)cc1. The molecule has 0 radical (unpaired) electrons. The van der Waals surface area contributed by atoms with Crippen LogP contribution >= 0.6 is 0 Å². The highest BCUT2D eigenvalue weighted by molar-refractivity contribution is 6.08. The maximum absolute atomic E-state index is 13.7. The number of carbonyl (C=O) groups excluding carboxylic acids is 3. The number of fused-ring (bicyclic) bond motifs is 2. The van der Waals surface area contributed by atoms with E-state index in [4.69, 9.17) is 0 Å². The van der Waals surface area contributed by atoms with Gasteiger partial charge in [-0.2, -0.15) is 13.2 Å². The van der Waals surface area contributed by atoms with Crippen LogP contribution in [0.25, 0.3) is 0 Å². The van der Waals surface area contributed by atoms with Crippen LogP contribution in [0.5, 0.6) is 0 Å². The van der Waals surface area contributed by atoms with E-state index < -0.39 is 17.6 Å². The van der Waals surface area contributed by atoms with Gasteiger partial charge in [0, 0.05) is 11.6 Å². The third-order valence-electron chi connectivity index (χ3n) is 7.15. The zero-order chi connectivity index (χ0) is 26.9. The standard InChI is InChI=1S/C29H26F3N3O3/c30-29(31,32)21-15-13-20(14-16-21)27(37)33-17-26(36)35-23-12-6-9-22(23)28(38)34(18-19-7-2-1-3-8-19)24-10-4-5-11-25(24)35/h1-5,7-8,10-11,13-16,22-23H,6,9,12,17-18H2,(H,33,37). The first kappa shape index (κ1) is 25.5. The summed E-state index contributed by atoms with van der Waals surface area (Å²) in [6, 6.07) is 20.4. The second kappa shape index (κ2) is 10.3. The largest absolute Gasteiger partial charge is 0.416 e. The average Bonchev–Trinajstić information content (AvgIpc) is 3.37. The first-order chi connectivity index (χ1) is 18.2. The van der Waals surface area contributed by atoms with Gasteiger partial charge in [0.15, 0.2) is 0 Å². The molecule has 1 heterocycles. The van der Waals surface area contributed by atoms with Gasteiger partial charge in [-0.1, -0.05) is 48.9 Å². The highest BCUT2D eigenvalue weighted by Gasteiger charge is 2.45. The molecule has 0 spiro atoms. The molecule has 1 aliphatic heterocycles. The van der Waals surface area contributed by atoms with Gasteiger partial charge in [-0.05, 0) is 54.8 Å². The molecule has 0 aromatic heterocycles. The first-order valence-corrected chi connectivity index (χ1v) is 12.5. The number of para-hydroxylation sites is 2. The summed E-state index contributed by atoms with van der Waals surface area (Å²) in [5.41, 5.74) is 1.35. The van der Waals surface area contributed by atoms with Crippen molar-refractivity contribution in [3.8, 4) is 0 Å². The Balaban J connectivity index is 1.40. The Morgan fingerprint density at radius 3 is 2.21 bits per heavy atom. The average molecular weight is 522 g/mol. The Kier molecular flexibility index (Phi) is 6.93. The third-order valence-corrected chi connectivity index (χ3v) is 7.15. The van der Waals surface area contributed by atoms with Crippen molar-refractivity contribution >= 4 is 29.1 Å². The molecule has 2 atom stereocenters. The molecule has 3 amide bonds. The number of carbonyl (C=O) groups is 3. The van der Waals surface area contributed by atoms with Gasteiger partial charge in [-0.15, -0.1) is 0 Å². The van der Waals surface area contributed by atoms with Crippen molar-refractivity contribution in [2.45, 2.75) is 38.0 Å². The summed E-state index contributed by atoms with van der Waals surface area (Å²) in [6.07, 6.45) is -2.40. The lowest BCUT2D eigenvalue weighted by atomic mass is 10.0. The maximum atomic E-state index is 13.7. The molecular formula is C29H26F3N3O3. The number of hydrogen-bond acceptors (Lipinski definition) is 3. The maximum Gasteiger partial charge on any atom is 0.416 e. The summed E-state index contributed by atoms with van der Waals surface area (Å²) >= 11 is 0. The van der Waals surface area contributed by atoms with Crippen molar-refractivity contribution in [1.82, 2.24) is 5.32 Å². The molecule has 38 heavy (non-hydrogen) atoms. The minimum absolute atomic E-state index is 0.0185. The lowest BCUT2D eigenvalue weighted by Crippen LogP contribution is -2.48. The van der Waals surface area contributed by atoms with E-state index in [1.165, 1.54) is 0 Å². The summed E-state index contributed by atoms with van der Waals surface area (Å²) in [4.78, 5) is 43.3. The fourth-order valence-electron chi connectivity index (χ4n) is 5.33. The van der Waals surface area contributed by atoms with Gasteiger partial charge in [-0.25, -0.2) is 0 Å². The van der Waals surface area contributed by atoms with Crippen LogP contribution in [0.15, 0.2) is 78.9 Å². The van der Waals surface area contributed by atoms with Crippen LogP contribution in [-0.2, 0) is 22.3 Å². The minimum Gasteiger partial charge on any atom is -0.343 e. The number of nitrogens with zero attached hydrogens (tertiary/aromatic N) is 2. The Labute approximate surface area is 218 Å². The van der Waals surface area contributed by atoms with E-state index in [1.54, 1.807) is 21.9 Å². The Hall–Kier alpha value is -4.14. The van der Waals surface area contributed by atoms with Gasteiger partial charge in [0.1, 0.15) is 0 Å². The van der Waals surface area contributed by atoms with Crippen molar-refractivity contribution in [2.24, 2.45) is 5.92 Å². The fraction of sp³-hybridized carbons (Fsp3) is 0.276. The van der Waals surface area contributed by atoms with E-state index in [-0.39, 0.29) is 35.9 Å². The molecule has 2 unspecified atom stereocenters. The van der Waals surface area contributed by atoms with Gasteiger partial charge in [0.05, 0.1) is 35.9 Å². The number of halogens is 3. The van der Waals surface area contributed by atoms with Crippen molar-refractivity contribution in [3.05, 3.63) is 95.6 Å². The van der Waals surface area contributed by atoms with Crippen LogP contribution < -0.4 is 15.1 Å². The highest BCUT2D eigenvalue weighted by Crippen LogP contribution is 2.43. The monoisotopic (exact) mass is 521 g/mol. The van der Waals surface area contributed by atoms with Crippen molar-refractivity contribution < 1.29 is 27.6 Å². The predicted octanol–water partition coefficient (Wildman–Crippen LogP) is 5.18. The molecule has 0 bridgehead atoms. The number of nitrogens with one attached hydrogen (secondary N) is 1. The summed E-state index contributed by atoms with van der Waals surface area (Å²) in [6.45, 7) is 0.0108. The summed E-state index contributed by atoms with van der Waals surface area (Å²) in [5, 5.41) is 2.54. The molecule has 2 aliphatic rings. The number of rotatable bonds is 5. The fourth-order valence-corrected chi connectivity index (χ4v) is 5.33. The molecule has 3 aromatic rings. The minimum atomic E-state index is -4.51. The zero-order valence-corrected chi connectivity index (χ0v) is 20.4. The van der Waals surface area contributed by atoms with E-state index in [1.807, 2.05) is 42.5 Å². The van der Waals surface area contributed by atoms with E-state index in [2.05, 4.69) is 5.32 Å². The smallest absolute Gasteiger partial charge is 0.343 e. The van der Waals surface area contributed by atoms with Crippen molar-refractivity contribution in [3.63, 3.8) is 0 Å². The third kappa shape index (κ3) is 5.01. The van der Waals surface area contributed by atoms with Crippen LogP contribution in [-0.4, -0.2) is 30.3 Å². The lowest BCUT2D eigenvalue weighted by molar-refractivity contribution is -0.137. The lowest BCUT2D eigenvalue weighted by Gasteiger charge is -2.30. The van der Waals surface area contributed by atoms with E-state index in [0.29, 0.717) is 30.8 Å². The molecule has 196 valence electrons. The zero-order valence-electron chi connectivity index (χ0n) is 20.4. The van der Waals surface area contributed by atoms with E-state index in [0.717, 1.165) is 36.2 Å². The predicted molar refractivity (Wildman–Crippen MR) is 136 cm³/mol. The number of amides is 3. The van der Waals surface area contributed by atoms with Gasteiger partial charge >= 0.3 is 6.18 Å². The van der Waals surface area contributed by atoms with Crippen molar-refractivity contribution in [1.29, 1.82) is 0 Å². The van der Waals surface area contributed by atoms with Gasteiger partial charge in [-0.3, -0.25) is 14.4 Å². The number of hydrogen-bond donors (Lipinski definition) is 1. The summed E-state index contributed by atoms with van der Waals surface area (Å²) < 4.78 is 38.5. The highest BCUT2D eigenvalue weighted by atomic mass is 19.4. The topological polar surface area (TPSA) is 69.7 Å². The van der Waals surface area contributed by atoms with Crippen LogP contribution in [0, 0.1) is 5.92 Å². The van der Waals surface area contributed by atoms with Crippen molar-refractivity contribution in [2.75, 3.05) is 16.3 Å². The molecule has 9 heteroatoms. The molecular weight excluding hydrogens is 495 g/mol. The quantitative estimate of drug-likeness (QED) is 0.503. The Morgan fingerprint density at radius 1 is 0.868 bits per heavy atom. The molecule has 1 fully saturated rings. The van der Waals surface area contributed by atoms with Gasteiger partial charge < -0.3 is 15.1 Å². The number of alkyl halides is 3. The normalized spacial score (nSPS) is 19.0. The Bertz CT molecular complexity index is 1340. The Morgan fingerprint density at radius 2 is 1.53 bits per heavy atom. The summed E-state index contributed by atoms with van der Waals surface area (Å²) in [7, 11) is 0. The molecule has 1 aliphatic carbocycles. The van der Waals surface area contributed by atoms with E-state index in [9.17, 15) is 27.6 Å². The first-order valence-electron chi connectivity index (χ1n) is 12.5. The molecule has 6 nitrogen and oxygen atoms in total. The van der Waals surface area contributed by atoms with Gasteiger partial charge in [0.2, 0.25) is 11.8 Å². The number of benzene rings is 3. The molecule has 3 aromatic carbocycles. The van der Waals surface area contributed by atoms with Crippen LogP contribution in [0.1, 0.15) is 40.7 Å². The second-order valence-electron chi connectivity index (χ2n) is 9.52. The van der Waals surface area contributed by atoms with Crippen LogP contribution in [0.3, 0.4) is 0 Å². The van der Waals surface area contributed by atoms with E-state index >= 15 is 0 Å². The molecule has 5 rings (SSSR count). The molecule has 1 N–H and O–H groups in total. The van der Waals surface area contributed by atoms with Gasteiger partial charge in [0.25, 0.3) is 5.91 Å².